The lowest BCUT2D eigenvalue weighted by Gasteiger charge is -2.11. The summed E-state index contributed by atoms with van der Waals surface area (Å²) in [4.78, 5) is 11.3. The van der Waals surface area contributed by atoms with Crippen molar-refractivity contribution in [2.24, 2.45) is 0 Å². The van der Waals surface area contributed by atoms with Crippen LogP contribution in [0.4, 0.5) is 5.69 Å². The second-order valence-corrected chi connectivity index (χ2v) is 5.33. The van der Waals surface area contributed by atoms with Gasteiger partial charge in [0.2, 0.25) is 5.91 Å². The minimum Gasteiger partial charge on any atom is -0.326 e. The molecule has 0 aromatic heterocycles. The van der Waals surface area contributed by atoms with E-state index in [0.717, 1.165) is 23.2 Å². The lowest BCUT2D eigenvalue weighted by atomic mass is 10.0. The molecule has 0 radical (unpaired) electrons. The summed E-state index contributed by atoms with van der Waals surface area (Å²) in [6.45, 7) is 0. The lowest BCUT2D eigenvalue weighted by Crippen LogP contribution is -2.03. The van der Waals surface area contributed by atoms with Gasteiger partial charge in [0, 0.05) is 5.69 Å². The Morgan fingerprint density at radius 1 is 1.16 bits per heavy atom. The van der Waals surface area contributed by atoms with E-state index in [1.807, 2.05) is 36.4 Å². The quantitative estimate of drug-likeness (QED) is 0.848. The zero-order valence-electron chi connectivity index (χ0n) is 10.4. The molecule has 2 nitrogen and oxygen atoms in total. The third-order valence-corrected chi connectivity index (χ3v) is 3.78. The van der Waals surface area contributed by atoms with Crippen LogP contribution in [0.15, 0.2) is 48.5 Å². The van der Waals surface area contributed by atoms with Crippen molar-refractivity contribution in [3.8, 4) is 0 Å². The molecule has 19 heavy (non-hydrogen) atoms. The van der Waals surface area contributed by atoms with Gasteiger partial charge in [0.15, 0.2) is 0 Å². The number of hydrogen-bond acceptors (Lipinski definition) is 1. The molecule has 3 heteroatoms. The average molecular weight is 272 g/mol. The SMILES string of the molecule is O=C1Cc2cc(C(Cl)Cc3ccccc3)ccc2N1. The second kappa shape index (κ2) is 5.06. The molecule has 1 unspecified atom stereocenters. The van der Waals surface area contributed by atoms with E-state index in [1.165, 1.54) is 5.56 Å². The summed E-state index contributed by atoms with van der Waals surface area (Å²) in [5.74, 6) is 0.0568. The third-order valence-electron chi connectivity index (χ3n) is 3.37. The van der Waals surface area contributed by atoms with Crippen LogP contribution >= 0.6 is 11.6 Å². The Morgan fingerprint density at radius 2 is 1.95 bits per heavy atom. The maximum absolute atomic E-state index is 11.3. The molecular weight excluding hydrogens is 258 g/mol. The van der Waals surface area contributed by atoms with Gasteiger partial charge in [0.25, 0.3) is 0 Å². The zero-order valence-corrected chi connectivity index (χ0v) is 11.2. The van der Waals surface area contributed by atoms with Crippen molar-refractivity contribution >= 4 is 23.2 Å². The molecule has 0 aliphatic carbocycles. The fraction of sp³-hybridized carbons (Fsp3) is 0.188. The minimum atomic E-state index is -0.0663. The molecule has 0 saturated heterocycles. The molecule has 1 aliphatic rings. The van der Waals surface area contributed by atoms with Crippen molar-refractivity contribution in [3.63, 3.8) is 0 Å². The number of benzene rings is 2. The fourth-order valence-corrected chi connectivity index (χ4v) is 2.70. The number of carbonyl (C=O) groups is 1. The Balaban J connectivity index is 1.79. The first-order valence-electron chi connectivity index (χ1n) is 6.33. The van der Waals surface area contributed by atoms with E-state index in [9.17, 15) is 4.79 Å². The normalized spacial score (nSPS) is 14.9. The van der Waals surface area contributed by atoms with Gasteiger partial charge in [-0.3, -0.25) is 4.79 Å². The van der Waals surface area contributed by atoms with Crippen LogP contribution in [0.1, 0.15) is 22.1 Å². The van der Waals surface area contributed by atoms with Gasteiger partial charge < -0.3 is 5.32 Å². The van der Waals surface area contributed by atoms with E-state index in [0.29, 0.717) is 6.42 Å². The summed E-state index contributed by atoms with van der Waals surface area (Å²) in [7, 11) is 0. The van der Waals surface area contributed by atoms with Crippen LogP contribution in [0.25, 0.3) is 0 Å². The number of fused-ring (bicyclic) bond motifs is 1. The predicted octanol–water partition coefficient (Wildman–Crippen LogP) is 3.70. The number of nitrogens with one attached hydrogen (secondary N) is 1. The third kappa shape index (κ3) is 2.64. The van der Waals surface area contributed by atoms with Crippen molar-refractivity contribution < 1.29 is 4.79 Å². The first-order chi connectivity index (χ1) is 9.22. The summed E-state index contributed by atoms with van der Waals surface area (Å²) in [6, 6.07) is 16.2. The molecule has 2 aromatic rings. The van der Waals surface area contributed by atoms with E-state index in [2.05, 4.69) is 17.4 Å². The Hall–Kier alpha value is -1.80. The van der Waals surface area contributed by atoms with Gasteiger partial charge >= 0.3 is 0 Å². The highest BCUT2D eigenvalue weighted by molar-refractivity contribution is 6.21. The van der Waals surface area contributed by atoms with Crippen LogP contribution in [-0.4, -0.2) is 5.91 Å². The maximum atomic E-state index is 11.3. The Labute approximate surface area is 117 Å². The Kier molecular flexibility index (Phi) is 3.26. The second-order valence-electron chi connectivity index (χ2n) is 4.80. The smallest absolute Gasteiger partial charge is 0.228 e. The number of halogens is 1. The minimum absolute atomic E-state index is 0.0568. The standard InChI is InChI=1S/C16H14ClNO/c17-14(8-11-4-2-1-3-5-11)12-6-7-15-13(9-12)10-16(19)18-15/h1-7,9,14H,8,10H2,(H,18,19). The van der Waals surface area contributed by atoms with Crippen LogP contribution in [0.5, 0.6) is 0 Å². The maximum Gasteiger partial charge on any atom is 0.228 e. The van der Waals surface area contributed by atoms with Crippen LogP contribution < -0.4 is 5.32 Å². The van der Waals surface area contributed by atoms with E-state index in [4.69, 9.17) is 11.6 Å². The van der Waals surface area contributed by atoms with Gasteiger partial charge in [0.05, 0.1) is 11.8 Å². The van der Waals surface area contributed by atoms with E-state index >= 15 is 0 Å². The molecule has 0 saturated carbocycles. The molecule has 0 fully saturated rings. The molecule has 1 N–H and O–H groups in total. The van der Waals surface area contributed by atoms with Gasteiger partial charge in [0.1, 0.15) is 0 Å². The first kappa shape index (κ1) is 12.2. The van der Waals surface area contributed by atoms with E-state index in [-0.39, 0.29) is 11.3 Å². The summed E-state index contributed by atoms with van der Waals surface area (Å²) in [6.07, 6.45) is 1.25. The first-order valence-corrected chi connectivity index (χ1v) is 6.77. The average Bonchev–Trinajstić information content (AvgIpc) is 2.78. The number of amides is 1. The summed E-state index contributed by atoms with van der Waals surface area (Å²) < 4.78 is 0. The largest absolute Gasteiger partial charge is 0.326 e. The van der Waals surface area contributed by atoms with Gasteiger partial charge in [-0.25, -0.2) is 0 Å². The lowest BCUT2D eigenvalue weighted by molar-refractivity contribution is -0.115. The van der Waals surface area contributed by atoms with Crippen LogP contribution in [0, 0.1) is 0 Å². The number of anilines is 1. The molecule has 1 atom stereocenters. The predicted molar refractivity (Wildman–Crippen MR) is 77.5 cm³/mol. The van der Waals surface area contributed by atoms with Crippen molar-refractivity contribution in [2.75, 3.05) is 5.32 Å². The number of rotatable bonds is 3. The van der Waals surface area contributed by atoms with Gasteiger partial charge in [-0.1, -0.05) is 42.5 Å². The molecule has 3 rings (SSSR count). The molecule has 1 heterocycles. The summed E-state index contributed by atoms with van der Waals surface area (Å²) in [5, 5.41) is 2.76. The van der Waals surface area contributed by atoms with E-state index < -0.39 is 0 Å². The van der Waals surface area contributed by atoms with Crippen molar-refractivity contribution in [1.29, 1.82) is 0 Å². The van der Waals surface area contributed by atoms with Gasteiger partial charge in [-0.2, -0.15) is 0 Å². The van der Waals surface area contributed by atoms with Gasteiger partial charge in [-0.15, -0.1) is 11.6 Å². The molecule has 2 aromatic carbocycles. The molecule has 1 amide bonds. The monoisotopic (exact) mass is 271 g/mol. The number of alkyl halides is 1. The molecule has 0 spiro atoms. The number of carbonyl (C=O) groups excluding carboxylic acids is 1. The fourth-order valence-electron chi connectivity index (χ4n) is 2.38. The number of hydrogen-bond donors (Lipinski definition) is 1. The molecular formula is C16H14ClNO. The van der Waals surface area contributed by atoms with Gasteiger partial charge in [-0.05, 0) is 29.2 Å². The zero-order chi connectivity index (χ0) is 13.2. The topological polar surface area (TPSA) is 29.1 Å². The van der Waals surface area contributed by atoms with Crippen molar-refractivity contribution in [3.05, 3.63) is 65.2 Å². The highest BCUT2D eigenvalue weighted by atomic mass is 35.5. The summed E-state index contributed by atoms with van der Waals surface area (Å²) >= 11 is 6.47. The highest BCUT2D eigenvalue weighted by Gasteiger charge is 2.19. The Bertz CT molecular complexity index is 609. The van der Waals surface area contributed by atoms with Crippen LogP contribution in [-0.2, 0) is 17.6 Å². The molecule has 96 valence electrons. The van der Waals surface area contributed by atoms with E-state index in [1.54, 1.807) is 0 Å². The molecule has 0 bridgehead atoms. The van der Waals surface area contributed by atoms with Crippen LogP contribution in [0.3, 0.4) is 0 Å². The molecule has 1 aliphatic heterocycles. The van der Waals surface area contributed by atoms with Crippen molar-refractivity contribution in [1.82, 2.24) is 0 Å². The Morgan fingerprint density at radius 3 is 2.74 bits per heavy atom. The van der Waals surface area contributed by atoms with Crippen molar-refractivity contribution in [2.45, 2.75) is 18.2 Å². The van der Waals surface area contributed by atoms with Crippen LogP contribution in [0.2, 0.25) is 0 Å². The summed E-state index contributed by atoms with van der Waals surface area (Å²) in [5.41, 5.74) is 4.25. The highest BCUT2D eigenvalue weighted by Crippen LogP contribution is 2.30.